The average Bonchev–Trinajstić information content (AvgIpc) is 2.53. The van der Waals surface area contributed by atoms with Crippen molar-refractivity contribution in [1.29, 1.82) is 0 Å². The molecule has 2 aliphatic rings. The minimum Gasteiger partial charge on any atom is -0.381 e. The van der Waals surface area contributed by atoms with Gasteiger partial charge in [0.2, 0.25) is 0 Å². The van der Waals surface area contributed by atoms with E-state index in [0.29, 0.717) is 26.3 Å². The zero-order chi connectivity index (χ0) is 15.7. The van der Waals surface area contributed by atoms with Crippen LogP contribution in [0.4, 0.5) is 8.78 Å². The maximum atomic E-state index is 13.3. The Morgan fingerprint density at radius 1 is 1.18 bits per heavy atom. The quantitative estimate of drug-likeness (QED) is 0.794. The van der Waals surface area contributed by atoms with Crippen LogP contribution >= 0.6 is 0 Å². The lowest BCUT2D eigenvalue weighted by molar-refractivity contribution is -0.0543. The maximum Gasteiger partial charge on any atom is 0.254 e. The van der Waals surface area contributed by atoms with E-state index in [4.69, 9.17) is 4.74 Å². The summed E-state index contributed by atoms with van der Waals surface area (Å²) in [6, 6.07) is 3.32. The zero-order valence-corrected chi connectivity index (χ0v) is 12.6. The first-order chi connectivity index (χ1) is 10.5. The van der Waals surface area contributed by atoms with Crippen LogP contribution in [0.1, 0.15) is 23.2 Å². The van der Waals surface area contributed by atoms with Crippen LogP contribution in [0.3, 0.4) is 0 Å². The number of ether oxygens (including phenoxy) is 1. The van der Waals surface area contributed by atoms with Gasteiger partial charge in [-0.1, -0.05) is 0 Å². The Labute approximate surface area is 128 Å². The Hall–Kier alpha value is -1.53. The molecule has 0 N–H and O–H groups in total. The van der Waals surface area contributed by atoms with Crippen LogP contribution in [-0.2, 0) is 4.74 Å². The van der Waals surface area contributed by atoms with Gasteiger partial charge in [0.05, 0.1) is 0 Å². The number of amides is 1. The van der Waals surface area contributed by atoms with E-state index in [1.807, 2.05) is 0 Å². The fourth-order valence-corrected chi connectivity index (χ4v) is 3.34. The summed E-state index contributed by atoms with van der Waals surface area (Å²) in [6.45, 7) is 3.35. The van der Waals surface area contributed by atoms with Crippen LogP contribution in [0.15, 0.2) is 18.2 Å². The van der Waals surface area contributed by atoms with Crippen LogP contribution in [0.2, 0.25) is 0 Å². The fraction of sp³-hybridized carbons (Fsp3) is 0.562. The van der Waals surface area contributed by atoms with E-state index in [1.54, 1.807) is 4.90 Å². The highest BCUT2D eigenvalue weighted by Crippen LogP contribution is 2.31. The summed E-state index contributed by atoms with van der Waals surface area (Å²) in [6.07, 6.45) is 1.76. The highest BCUT2D eigenvalue weighted by molar-refractivity contribution is 5.94. The van der Waals surface area contributed by atoms with Crippen molar-refractivity contribution in [3.8, 4) is 0 Å². The van der Waals surface area contributed by atoms with Crippen molar-refractivity contribution >= 4 is 5.91 Å². The zero-order valence-electron chi connectivity index (χ0n) is 12.6. The van der Waals surface area contributed by atoms with Gasteiger partial charge in [0.25, 0.3) is 5.91 Å². The Balaban J connectivity index is 1.79. The smallest absolute Gasteiger partial charge is 0.254 e. The molecule has 1 aromatic carbocycles. The van der Waals surface area contributed by atoms with Crippen LogP contribution in [-0.4, -0.2) is 61.1 Å². The molecule has 0 radical (unpaired) electrons. The molecule has 0 aliphatic carbocycles. The molecule has 6 heteroatoms. The Bertz CT molecular complexity index is 573. The van der Waals surface area contributed by atoms with Crippen molar-refractivity contribution in [2.24, 2.45) is 0 Å². The van der Waals surface area contributed by atoms with Crippen molar-refractivity contribution in [2.75, 3.05) is 39.9 Å². The van der Waals surface area contributed by atoms with Crippen molar-refractivity contribution in [3.63, 3.8) is 0 Å². The van der Waals surface area contributed by atoms with Gasteiger partial charge in [0, 0.05) is 44.0 Å². The number of benzene rings is 1. The van der Waals surface area contributed by atoms with Crippen molar-refractivity contribution < 1.29 is 18.3 Å². The van der Waals surface area contributed by atoms with Crippen molar-refractivity contribution in [1.82, 2.24) is 9.80 Å². The monoisotopic (exact) mass is 310 g/mol. The van der Waals surface area contributed by atoms with Gasteiger partial charge in [-0.15, -0.1) is 0 Å². The van der Waals surface area contributed by atoms with Gasteiger partial charge >= 0.3 is 0 Å². The molecule has 1 spiro atoms. The van der Waals surface area contributed by atoms with E-state index >= 15 is 0 Å². The van der Waals surface area contributed by atoms with Crippen LogP contribution in [0.25, 0.3) is 0 Å². The van der Waals surface area contributed by atoms with Crippen LogP contribution < -0.4 is 0 Å². The lowest BCUT2D eigenvalue weighted by atomic mass is 9.85. The minimum absolute atomic E-state index is 0.0647. The molecule has 22 heavy (non-hydrogen) atoms. The highest BCUT2D eigenvalue weighted by atomic mass is 19.2. The van der Waals surface area contributed by atoms with Gasteiger partial charge in [0.1, 0.15) is 0 Å². The first-order valence-corrected chi connectivity index (χ1v) is 7.55. The Kier molecular flexibility index (Phi) is 4.14. The second kappa shape index (κ2) is 5.93. The Morgan fingerprint density at radius 2 is 1.91 bits per heavy atom. The summed E-state index contributed by atoms with van der Waals surface area (Å²) in [5, 5.41) is 0. The molecule has 3 rings (SSSR count). The van der Waals surface area contributed by atoms with Crippen molar-refractivity contribution in [3.05, 3.63) is 35.4 Å². The van der Waals surface area contributed by atoms with E-state index in [0.717, 1.165) is 31.5 Å². The third kappa shape index (κ3) is 2.73. The molecule has 2 aliphatic heterocycles. The minimum atomic E-state index is -0.985. The number of hydrogen-bond acceptors (Lipinski definition) is 3. The molecule has 0 aromatic heterocycles. The molecule has 1 amide bonds. The van der Waals surface area contributed by atoms with E-state index in [2.05, 4.69) is 11.9 Å². The number of rotatable bonds is 1. The maximum absolute atomic E-state index is 13.3. The summed E-state index contributed by atoms with van der Waals surface area (Å²) in [4.78, 5) is 16.6. The molecule has 2 saturated heterocycles. The number of carbonyl (C=O) groups is 1. The second-order valence-corrected chi connectivity index (χ2v) is 6.11. The standard InChI is InChI=1S/C16H20F2N2O2/c1-19-6-7-20(11-16(19)4-8-22-9-5-16)15(21)12-2-3-13(17)14(18)10-12/h2-3,10H,4-9,11H2,1H3. The van der Waals surface area contributed by atoms with Gasteiger partial charge in [0.15, 0.2) is 11.6 Å². The van der Waals surface area contributed by atoms with Crippen LogP contribution in [0, 0.1) is 11.6 Å². The van der Waals surface area contributed by atoms with Gasteiger partial charge in [-0.25, -0.2) is 8.78 Å². The molecule has 2 heterocycles. The van der Waals surface area contributed by atoms with E-state index in [-0.39, 0.29) is 17.0 Å². The third-order valence-electron chi connectivity index (χ3n) is 4.88. The lowest BCUT2D eigenvalue weighted by Crippen LogP contribution is -2.63. The van der Waals surface area contributed by atoms with Gasteiger partial charge < -0.3 is 9.64 Å². The summed E-state index contributed by atoms with van der Waals surface area (Å²) in [5.41, 5.74) is 0.135. The van der Waals surface area contributed by atoms with Crippen molar-refractivity contribution in [2.45, 2.75) is 18.4 Å². The second-order valence-electron chi connectivity index (χ2n) is 6.11. The third-order valence-corrected chi connectivity index (χ3v) is 4.88. The number of hydrogen-bond donors (Lipinski definition) is 0. The molecule has 0 atom stereocenters. The number of piperazine rings is 1. The Morgan fingerprint density at radius 3 is 2.59 bits per heavy atom. The predicted octanol–water partition coefficient (Wildman–Crippen LogP) is 1.90. The topological polar surface area (TPSA) is 32.8 Å². The molecular weight excluding hydrogens is 290 g/mol. The molecule has 120 valence electrons. The molecule has 0 unspecified atom stereocenters. The van der Waals surface area contributed by atoms with Crippen LogP contribution in [0.5, 0.6) is 0 Å². The summed E-state index contributed by atoms with van der Waals surface area (Å²) in [7, 11) is 2.07. The summed E-state index contributed by atoms with van der Waals surface area (Å²) in [5.74, 6) is -2.16. The van der Waals surface area contributed by atoms with E-state index in [1.165, 1.54) is 6.07 Å². The molecule has 1 aromatic rings. The SMILES string of the molecule is CN1CCN(C(=O)c2ccc(F)c(F)c2)CC12CCOCC2. The molecule has 2 fully saturated rings. The molecule has 0 bridgehead atoms. The average molecular weight is 310 g/mol. The first kappa shape index (κ1) is 15.4. The summed E-state index contributed by atoms with van der Waals surface area (Å²) >= 11 is 0. The normalized spacial score (nSPS) is 22.0. The van der Waals surface area contributed by atoms with Gasteiger partial charge in [-0.05, 0) is 38.1 Å². The van der Waals surface area contributed by atoms with Gasteiger partial charge in [-0.3, -0.25) is 9.69 Å². The molecule has 0 saturated carbocycles. The van der Waals surface area contributed by atoms with Gasteiger partial charge in [-0.2, -0.15) is 0 Å². The largest absolute Gasteiger partial charge is 0.381 e. The number of halogens is 2. The number of likely N-dealkylation sites (N-methyl/N-ethyl adjacent to an activating group) is 1. The lowest BCUT2D eigenvalue weighted by Gasteiger charge is -2.51. The molecular formula is C16H20F2N2O2. The molecule has 4 nitrogen and oxygen atoms in total. The first-order valence-electron chi connectivity index (χ1n) is 7.55. The predicted molar refractivity (Wildman–Crippen MR) is 77.7 cm³/mol. The summed E-state index contributed by atoms with van der Waals surface area (Å²) < 4.78 is 31.8. The highest BCUT2D eigenvalue weighted by Gasteiger charge is 2.42. The van der Waals surface area contributed by atoms with E-state index < -0.39 is 11.6 Å². The number of nitrogens with zero attached hydrogens (tertiary/aromatic N) is 2. The fourth-order valence-electron chi connectivity index (χ4n) is 3.34. The van der Waals surface area contributed by atoms with E-state index in [9.17, 15) is 13.6 Å². The number of carbonyl (C=O) groups excluding carboxylic acids is 1.